The molecule has 0 aliphatic heterocycles. The highest BCUT2D eigenvalue weighted by Gasteiger charge is 2.27. The molecule has 1 aromatic heterocycles. The van der Waals surface area contributed by atoms with Crippen molar-refractivity contribution in [2.24, 2.45) is 0 Å². The molecule has 2 rings (SSSR count). The fourth-order valence-electron chi connectivity index (χ4n) is 2.34. The Bertz CT molecular complexity index is 687. The van der Waals surface area contributed by atoms with Crippen LogP contribution in [0.25, 0.3) is 0 Å². The van der Waals surface area contributed by atoms with E-state index in [4.69, 9.17) is 4.42 Å². The molecule has 0 fully saturated rings. The van der Waals surface area contributed by atoms with Crippen LogP contribution in [-0.4, -0.2) is 5.78 Å². The Balaban J connectivity index is 2.45. The van der Waals surface area contributed by atoms with Crippen molar-refractivity contribution >= 4 is 5.78 Å². The quantitative estimate of drug-likeness (QED) is 0.790. The lowest BCUT2D eigenvalue weighted by atomic mass is 9.90. The molecule has 102 valence electrons. The Morgan fingerprint density at radius 3 is 2.15 bits per heavy atom. The smallest absolute Gasteiger partial charge is 0.188 e. The van der Waals surface area contributed by atoms with Gasteiger partial charge in [0.15, 0.2) is 5.78 Å². The lowest BCUT2D eigenvalue weighted by molar-refractivity contribution is 0.0977. The van der Waals surface area contributed by atoms with Gasteiger partial charge < -0.3 is 4.42 Å². The van der Waals surface area contributed by atoms with Crippen LogP contribution in [0, 0.1) is 39.0 Å². The summed E-state index contributed by atoms with van der Waals surface area (Å²) in [5.74, 6) is 0.331. The summed E-state index contributed by atoms with van der Waals surface area (Å²) in [5, 5.41) is 9.37. The van der Waals surface area contributed by atoms with Crippen LogP contribution in [0.1, 0.15) is 44.5 Å². The number of nitriles is 1. The van der Waals surface area contributed by atoms with Gasteiger partial charge in [-0.1, -0.05) is 29.8 Å². The molecule has 0 saturated carbocycles. The molecule has 0 spiro atoms. The zero-order valence-corrected chi connectivity index (χ0v) is 12.2. The molecule has 0 aliphatic rings. The Labute approximate surface area is 118 Å². The molecular weight excluding hydrogens is 250 g/mol. The van der Waals surface area contributed by atoms with E-state index in [2.05, 4.69) is 6.07 Å². The van der Waals surface area contributed by atoms with Gasteiger partial charge in [0.1, 0.15) is 17.4 Å². The molecule has 20 heavy (non-hydrogen) atoms. The molecule has 0 aliphatic carbocycles. The summed E-state index contributed by atoms with van der Waals surface area (Å²) in [7, 11) is 0. The van der Waals surface area contributed by atoms with Gasteiger partial charge in [-0.05, 0) is 33.3 Å². The van der Waals surface area contributed by atoms with E-state index in [1.807, 2.05) is 45.0 Å². The number of nitrogens with zero attached hydrogens (tertiary/aromatic N) is 1. The molecule has 1 unspecified atom stereocenters. The predicted octanol–water partition coefficient (Wildman–Crippen LogP) is 4.00. The summed E-state index contributed by atoms with van der Waals surface area (Å²) in [6.45, 7) is 7.41. The first-order chi connectivity index (χ1) is 9.45. The fourth-order valence-corrected chi connectivity index (χ4v) is 2.34. The first kappa shape index (κ1) is 14.1. The van der Waals surface area contributed by atoms with Crippen LogP contribution < -0.4 is 0 Å². The van der Waals surface area contributed by atoms with E-state index in [9.17, 15) is 10.1 Å². The van der Waals surface area contributed by atoms with Crippen molar-refractivity contribution in [3.63, 3.8) is 0 Å². The number of hydrogen-bond acceptors (Lipinski definition) is 3. The molecule has 3 nitrogen and oxygen atoms in total. The highest BCUT2D eigenvalue weighted by Crippen LogP contribution is 2.28. The highest BCUT2D eigenvalue weighted by molar-refractivity contribution is 6.04. The third-order valence-corrected chi connectivity index (χ3v) is 3.61. The molecule has 0 N–H and O–H groups in total. The summed E-state index contributed by atoms with van der Waals surface area (Å²) >= 11 is 0. The summed E-state index contributed by atoms with van der Waals surface area (Å²) < 4.78 is 5.49. The molecular formula is C17H17NO2. The van der Waals surface area contributed by atoms with E-state index in [1.165, 1.54) is 0 Å². The molecule has 0 radical (unpaired) electrons. The van der Waals surface area contributed by atoms with E-state index in [1.54, 1.807) is 6.92 Å². The molecule has 0 bridgehead atoms. The molecule has 0 amide bonds. The number of rotatable bonds is 3. The average Bonchev–Trinajstić information content (AvgIpc) is 2.66. The first-order valence-corrected chi connectivity index (χ1v) is 6.52. The summed E-state index contributed by atoms with van der Waals surface area (Å²) in [4.78, 5) is 12.6. The van der Waals surface area contributed by atoms with Crippen molar-refractivity contribution in [1.29, 1.82) is 5.26 Å². The normalized spacial score (nSPS) is 11.9. The van der Waals surface area contributed by atoms with Gasteiger partial charge in [0.25, 0.3) is 0 Å². The first-order valence-electron chi connectivity index (χ1n) is 6.52. The van der Waals surface area contributed by atoms with Crippen LogP contribution >= 0.6 is 0 Å². The Hall–Kier alpha value is -2.34. The van der Waals surface area contributed by atoms with E-state index >= 15 is 0 Å². The maximum absolute atomic E-state index is 12.6. The number of hydrogen-bond donors (Lipinski definition) is 0. The van der Waals surface area contributed by atoms with Gasteiger partial charge in [-0.3, -0.25) is 4.79 Å². The van der Waals surface area contributed by atoms with Crippen LogP contribution in [0.15, 0.2) is 28.7 Å². The third-order valence-electron chi connectivity index (χ3n) is 3.61. The fraction of sp³-hybridized carbons (Fsp3) is 0.294. The van der Waals surface area contributed by atoms with Crippen molar-refractivity contribution in [2.75, 3.05) is 0 Å². The molecule has 1 heterocycles. The van der Waals surface area contributed by atoms with Crippen LogP contribution in [0.5, 0.6) is 0 Å². The van der Waals surface area contributed by atoms with Crippen LogP contribution in [0.2, 0.25) is 0 Å². The largest absolute Gasteiger partial charge is 0.466 e. The second-order valence-electron chi connectivity index (χ2n) is 5.05. The second-order valence-corrected chi connectivity index (χ2v) is 5.05. The minimum Gasteiger partial charge on any atom is -0.466 e. The molecule has 1 aromatic carbocycles. The average molecular weight is 267 g/mol. The zero-order valence-electron chi connectivity index (χ0n) is 12.2. The van der Waals surface area contributed by atoms with Crippen molar-refractivity contribution in [3.05, 3.63) is 58.0 Å². The second kappa shape index (κ2) is 5.34. The number of ketones is 1. The van der Waals surface area contributed by atoms with Crippen molar-refractivity contribution in [2.45, 2.75) is 33.6 Å². The van der Waals surface area contributed by atoms with Crippen LogP contribution in [0.3, 0.4) is 0 Å². The number of carbonyl (C=O) groups excluding carboxylic acids is 1. The predicted molar refractivity (Wildman–Crippen MR) is 76.8 cm³/mol. The Morgan fingerprint density at radius 2 is 1.70 bits per heavy atom. The van der Waals surface area contributed by atoms with Gasteiger partial charge in [-0.15, -0.1) is 0 Å². The number of Topliss-reactive ketones (excluding diaryl/α,β-unsaturated/α-hetero) is 1. The van der Waals surface area contributed by atoms with E-state index in [0.717, 1.165) is 22.5 Å². The maximum Gasteiger partial charge on any atom is 0.188 e. The molecule has 2 aromatic rings. The summed E-state index contributed by atoms with van der Waals surface area (Å²) in [6, 6.07) is 9.59. The Kier molecular flexibility index (Phi) is 3.76. The van der Waals surface area contributed by atoms with Gasteiger partial charge in [-0.2, -0.15) is 5.26 Å². The zero-order chi connectivity index (χ0) is 14.9. The topological polar surface area (TPSA) is 54.0 Å². The maximum atomic E-state index is 12.6. The van der Waals surface area contributed by atoms with Gasteiger partial charge in [0.2, 0.25) is 0 Å². The third kappa shape index (κ3) is 2.37. The SMILES string of the molecule is Cc1ccc(C(C#N)C(=O)c2c(C)oc(C)c2C)cc1. The lowest BCUT2D eigenvalue weighted by Crippen LogP contribution is -2.12. The van der Waals surface area contributed by atoms with E-state index < -0.39 is 5.92 Å². The van der Waals surface area contributed by atoms with Crippen molar-refractivity contribution in [1.82, 2.24) is 0 Å². The standard InChI is InChI=1S/C17H17NO2/c1-10-5-7-14(8-6-10)15(9-18)17(19)16-11(2)12(3)20-13(16)4/h5-8,15H,1-4H3. The van der Waals surface area contributed by atoms with Crippen LogP contribution in [-0.2, 0) is 0 Å². The number of carbonyl (C=O) groups is 1. The highest BCUT2D eigenvalue weighted by atomic mass is 16.3. The van der Waals surface area contributed by atoms with Gasteiger partial charge in [0, 0.05) is 5.56 Å². The van der Waals surface area contributed by atoms with Gasteiger partial charge in [-0.25, -0.2) is 0 Å². The van der Waals surface area contributed by atoms with Crippen molar-refractivity contribution in [3.8, 4) is 6.07 Å². The van der Waals surface area contributed by atoms with Gasteiger partial charge >= 0.3 is 0 Å². The number of furan rings is 1. The summed E-state index contributed by atoms with van der Waals surface area (Å²) in [6.07, 6.45) is 0. The van der Waals surface area contributed by atoms with Gasteiger partial charge in [0.05, 0.1) is 11.6 Å². The molecule has 0 saturated heterocycles. The number of benzene rings is 1. The molecule has 1 atom stereocenters. The molecule has 3 heteroatoms. The lowest BCUT2D eigenvalue weighted by Gasteiger charge is -2.09. The van der Waals surface area contributed by atoms with Crippen LogP contribution in [0.4, 0.5) is 0 Å². The summed E-state index contributed by atoms with van der Waals surface area (Å²) in [5.41, 5.74) is 3.18. The van der Waals surface area contributed by atoms with E-state index in [-0.39, 0.29) is 5.78 Å². The monoisotopic (exact) mass is 267 g/mol. The minimum atomic E-state index is -0.787. The van der Waals surface area contributed by atoms with E-state index in [0.29, 0.717) is 11.3 Å². The minimum absolute atomic E-state index is 0.191. The van der Waals surface area contributed by atoms with Crippen molar-refractivity contribution < 1.29 is 9.21 Å². The number of aryl methyl sites for hydroxylation is 3. The Morgan fingerprint density at radius 1 is 1.10 bits per heavy atom.